The van der Waals surface area contributed by atoms with Crippen LogP contribution in [-0.2, 0) is 11.3 Å². The number of aromatic nitrogens is 5. The van der Waals surface area contributed by atoms with E-state index < -0.39 is 12.5 Å². The maximum Gasteiger partial charge on any atom is 0.387 e. The monoisotopic (exact) mass is 574 g/mol. The van der Waals surface area contributed by atoms with Crippen LogP contribution in [0.2, 0.25) is 0 Å². The molecule has 5 aromatic rings. The number of ether oxygens (including phenoxy) is 1. The molecule has 1 saturated heterocycles. The number of hydrogen-bond donors (Lipinski definition) is 1. The smallest absolute Gasteiger partial charge is 0.387 e. The van der Waals surface area contributed by atoms with Crippen molar-refractivity contribution >= 4 is 33.9 Å². The number of piperazine rings is 1. The summed E-state index contributed by atoms with van der Waals surface area (Å²) in [4.78, 5) is 34.9. The standard InChI is InChI=1S/C29H28F2N8O3/c1-2-36-10-12-37(13-11-36)25(40)18-38-17-23(34-28(41)22-16-33-39-9-5-8-32-27(22)39)26(35-38)21-14-19-6-3-4-7-20(19)15-24(21)42-29(30)31/h3-9,14-17,29H,2,10-13,18H2,1H3,(H,34,41). The van der Waals surface area contributed by atoms with Crippen LogP contribution in [0, 0.1) is 0 Å². The van der Waals surface area contributed by atoms with E-state index in [0.29, 0.717) is 24.1 Å². The lowest BCUT2D eigenvalue weighted by Crippen LogP contribution is -2.49. The fourth-order valence-electron chi connectivity index (χ4n) is 5.12. The third kappa shape index (κ3) is 5.50. The highest BCUT2D eigenvalue weighted by Crippen LogP contribution is 2.38. The van der Waals surface area contributed by atoms with Crippen LogP contribution in [0.1, 0.15) is 17.3 Å². The molecule has 1 aliphatic heterocycles. The van der Waals surface area contributed by atoms with Gasteiger partial charge in [0.05, 0.1) is 11.9 Å². The molecule has 42 heavy (non-hydrogen) atoms. The lowest BCUT2D eigenvalue weighted by atomic mass is 10.0. The molecule has 4 heterocycles. The van der Waals surface area contributed by atoms with Gasteiger partial charge in [-0.05, 0) is 35.5 Å². The molecule has 13 heteroatoms. The van der Waals surface area contributed by atoms with Crippen molar-refractivity contribution in [3.63, 3.8) is 0 Å². The van der Waals surface area contributed by atoms with Gasteiger partial charge in [0.25, 0.3) is 5.91 Å². The third-order valence-electron chi connectivity index (χ3n) is 7.32. The number of anilines is 1. The topological polar surface area (TPSA) is 110 Å². The van der Waals surface area contributed by atoms with Crippen molar-refractivity contribution in [3.05, 3.63) is 72.8 Å². The number of alkyl halides is 2. The number of nitrogens with one attached hydrogen (secondary N) is 1. The van der Waals surface area contributed by atoms with E-state index in [0.717, 1.165) is 25.0 Å². The van der Waals surface area contributed by atoms with E-state index in [4.69, 9.17) is 4.74 Å². The zero-order chi connectivity index (χ0) is 29.2. The summed E-state index contributed by atoms with van der Waals surface area (Å²) in [5.41, 5.74) is 1.19. The van der Waals surface area contributed by atoms with Crippen molar-refractivity contribution in [1.29, 1.82) is 0 Å². The van der Waals surface area contributed by atoms with Crippen molar-refractivity contribution in [3.8, 4) is 17.0 Å². The molecule has 2 amide bonds. The highest BCUT2D eigenvalue weighted by Gasteiger charge is 2.25. The quantitative estimate of drug-likeness (QED) is 0.301. The van der Waals surface area contributed by atoms with Gasteiger partial charge in [-0.2, -0.15) is 19.0 Å². The number of carbonyl (C=O) groups is 2. The first-order valence-electron chi connectivity index (χ1n) is 13.5. The number of rotatable bonds is 8. The van der Waals surface area contributed by atoms with Gasteiger partial charge in [-0.25, -0.2) is 9.50 Å². The first-order valence-corrected chi connectivity index (χ1v) is 13.5. The molecule has 0 aliphatic carbocycles. The molecule has 0 atom stereocenters. The first-order chi connectivity index (χ1) is 20.4. The van der Waals surface area contributed by atoms with Gasteiger partial charge in [0.2, 0.25) is 5.91 Å². The summed E-state index contributed by atoms with van der Waals surface area (Å²) in [7, 11) is 0. The fraction of sp³-hybridized carbons (Fsp3) is 0.276. The number of benzene rings is 2. The fourth-order valence-corrected chi connectivity index (χ4v) is 5.12. The normalized spacial score (nSPS) is 14.1. The first kappa shape index (κ1) is 27.3. The number of nitrogens with zero attached hydrogens (tertiary/aromatic N) is 7. The predicted octanol–water partition coefficient (Wildman–Crippen LogP) is 3.76. The molecule has 216 valence electrons. The SMILES string of the molecule is CCN1CCN(C(=O)Cn2cc(NC(=O)c3cnn4cccnc34)c(-c3cc4ccccc4cc3OC(F)F)n2)CC1. The zero-order valence-electron chi connectivity index (χ0n) is 22.8. The Morgan fingerprint density at radius 3 is 2.57 bits per heavy atom. The molecule has 1 fully saturated rings. The van der Waals surface area contributed by atoms with Crippen LogP contribution in [0.5, 0.6) is 5.75 Å². The van der Waals surface area contributed by atoms with E-state index in [2.05, 4.69) is 32.3 Å². The minimum atomic E-state index is -3.08. The van der Waals surface area contributed by atoms with E-state index in [9.17, 15) is 18.4 Å². The van der Waals surface area contributed by atoms with Gasteiger partial charge in [-0.3, -0.25) is 14.3 Å². The van der Waals surface area contributed by atoms with E-state index in [1.165, 1.54) is 27.7 Å². The minimum absolute atomic E-state index is 0.0914. The number of hydrogen-bond acceptors (Lipinski definition) is 7. The summed E-state index contributed by atoms with van der Waals surface area (Å²) >= 11 is 0. The molecule has 0 radical (unpaired) electrons. The van der Waals surface area contributed by atoms with Gasteiger partial charge in [0, 0.05) is 50.3 Å². The van der Waals surface area contributed by atoms with Crippen molar-refractivity contribution in [2.24, 2.45) is 0 Å². The van der Waals surface area contributed by atoms with Gasteiger partial charge >= 0.3 is 6.61 Å². The molecule has 0 unspecified atom stereocenters. The summed E-state index contributed by atoms with van der Waals surface area (Å²) in [5.74, 6) is -0.764. The molecule has 6 rings (SSSR count). The largest absolute Gasteiger partial charge is 0.434 e. The number of halogens is 2. The predicted molar refractivity (Wildman–Crippen MR) is 151 cm³/mol. The lowest BCUT2D eigenvalue weighted by Gasteiger charge is -2.34. The molecular formula is C29H28F2N8O3. The van der Waals surface area contributed by atoms with Gasteiger partial charge in [0.1, 0.15) is 23.6 Å². The van der Waals surface area contributed by atoms with Crippen LogP contribution in [0.4, 0.5) is 14.5 Å². The average molecular weight is 575 g/mol. The number of likely N-dealkylation sites (N-methyl/N-ethyl adjacent to an activating group) is 1. The number of carbonyl (C=O) groups excluding carboxylic acids is 2. The van der Waals surface area contributed by atoms with Crippen molar-refractivity contribution < 1.29 is 23.1 Å². The Bertz CT molecular complexity index is 1760. The van der Waals surface area contributed by atoms with Crippen LogP contribution in [0.3, 0.4) is 0 Å². The maximum atomic E-state index is 13.5. The van der Waals surface area contributed by atoms with E-state index in [1.54, 1.807) is 41.6 Å². The Hall–Kier alpha value is -4.91. The Labute approximate surface area is 239 Å². The Morgan fingerprint density at radius 1 is 1.07 bits per heavy atom. The van der Waals surface area contributed by atoms with Crippen LogP contribution < -0.4 is 10.1 Å². The molecule has 0 saturated carbocycles. The molecule has 11 nitrogen and oxygen atoms in total. The van der Waals surface area contributed by atoms with E-state index in [1.807, 2.05) is 12.1 Å². The lowest BCUT2D eigenvalue weighted by molar-refractivity contribution is -0.133. The molecular weight excluding hydrogens is 546 g/mol. The van der Waals surface area contributed by atoms with Crippen molar-refractivity contribution in [2.75, 3.05) is 38.0 Å². The second-order valence-electron chi connectivity index (χ2n) is 9.88. The van der Waals surface area contributed by atoms with Crippen LogP contribution in [0.15, 0.2) is 67.3 Å². The van der Waals surface area contributed by atoms with Crippen molar-refractivity contribution in [1.82, 2.24) is 34.2 Å². The van der Waals surface area contributed by atoms with E-state index in [-0.39, 0.29) is 40.7 Å². The Balaban J connectivity index is 1.38. The molecule has 2 aromatic carbocycles. The Kier molecular flexibility index (Phi) is 7.48. The van der Waals surface area contributed by atoms with Crippen molar-refractivity contribution in [2.45, 2.75) is 20.1 Å². The van der Waals surface area contributed by atoms with Gasteiger partial charge < -0.3 is 19.9 Å². The Morgan fingerprint density at radius 2 is 1.83 bits per heavy atom. The van der Waals surface area contributed by atoms with Crippen LogP contribution in [-0.4, -0.2) is 85.3 Å². The molecule has 0 bridgehead atoms. The highest BCUT2D eigenvalue weighted by molar-refractivity contribution is 6.09. The number of amides is 2. The molecule has 0 spiro atoms. The summed E-state index contributed by atoms with van der Waals surface area (Å²) in [6.07, 6.45) is 6.13. The summed E-state index contributed by atoms with van der Waals surface area (Å²) in [6.45, 7) is 2.60. The summed E-state index contributed by atoms with van der Waals surface area (Å²) in [6, 6.07) is 12.1. The summed E-state index contributed by atoms with van der Waals surface area (Å²) in [5, 5.41) is 13.1. The van der Waals surface area contributed by atoms with Gasteiger partial charge in [-0.1, -0.05) is 31.2 Å². The third-order valence-corrected chi connectivity index (χ3v) is 7.32. The second-order valence-corrected chi connectivity index (χ2v) is 9.88. The van der Waals surface area contributed by atoms with Crippen LogP contribution in [0.25, 0.3) is 27.7 Å². The molecule has 1 aliphatic rings. The second kappa shape index (κ2) is 11.5. The molecule has 3 aromatic heterocycles. The van der Waals surface area contributed by atoms with Gasteiger partial charge in [0.15, 0.2) is 5.65 Å². The number of fused-ring (bicyclic) bond motifs is 2. The van der Waals surface area contributed by atoms with Gasteiger partial charge in [-0.15, -0.1) is 0 Å². The molecule has 1 N–H and O–H groups in total. The van der Waals surface area contributed by atoms with Crippen LogP contribution >= 0.6 is 0 Å². The average Bonchev–Trinajstić information content (AvgIpc) is 3.60. The highest BCUT2D eigenvalue weighted by atomic mass is 19.3. The maximum absolute atomic E-state index is 13.5. The minimum Gasteiger partial charge on any atom is -0.434 e. The van der Waals surface area contributed by atoms with E-state index >= 15 is 0 Å². The zero-order valence-corrected chi connectivity index (χ0v) is 22.8. The summed E-state index contributed by atoms with van der Waals surface area (Å²) < 4.78 is 34.8.